The van der Waals surface area contributed by atoms with Crippen molar-refractivity contribution < 1.29 is 8.78 Å². The lowest BCUT2D eigenvalue weighted by Gasteiger charge is -2.29. The second-order valence-electron chi connectivity index (χ2n) is 9.93. The molecule has 0 aromatic heterocycles. The molecule has 2 aromatic carbocycles. The largest absolute Gasteiger partial charge is 0.207 e. The van der Waals surface area contributed by atoms with Crippen LogP contribution in [0.2, 0.25) is 0 Å². The molecule has 2 aromatic rings. The van der Waals surface area contributed by atoms with Crippen LogP contribution in [-0.2, 0) is 12.8 Å². The molecule has 0 bridgehead atoms. The van der Waals surface area contributed by atoms with Crippen LogP contribution in [0.15, 0.2) is 42.5 Å². The zero-order valence-corrected chi connectivity index (χ0v) is 19.5. The highest BCUT2D eigenvalue weighted by Crippen LogP contribution is 2.37. The number of aryl methyl sites for hydroxylation is 1. The van der Waals surface area contributed by atoms with Gasteiger partial charge in [0, 0.05) is 6.07 Å². The van der Waals surface area contributed by atoms with Gasteiger partial charge in [-0.2, -0.15) is 0 Å². The van der Waals surface area contributed by atoms with Gasteiger partial charge in [-0.25, -0.2) is 8.78 Å². The normalized spacial score (nSPS) is 20.0. The quantitative estimate of drug-likeness (QED) is 0.314. The van der Waals surface area contributed by atoms with Gasteiger partial charge in [0.2, 0.25) is 0 Å². The summed E-state index contributed by atoms with van der Waals surface area (Å²) in [4.78, 5) is 0. The Morgan fingerprint density at radius 1 is 0.839 bits per heavy atom. The smallest absolute Gasteiger partial charge is 0.126 e. The Morgan fingerprint density at radius 3 is 2.16 bits per heavy atom. The molecule has 0 saturated heterocycles. The minimum absolute atomic E-state index is 0.465. The molecule has 1 atom stereocenters. The summed E-state index contributed by atoms with van der Waals surface area (Å²) < 4.78 is 26.7. The topological polar surface area (TPSA) is 0 Å². The summed E-state index contributed by atoms with van der Waals surface area (Å²) in [6, 6.07) is 13.3. The van der Waals surface area contributed by atoms with Gasteiger partial charge >= 0.3 is 0 Å². The maximum atomic E-state index is 13.4. The van der Waals surface area contributed by atoms with Crippen LogP contribution >= 0.6 is 0 Å². The number of benzene rings is 2. The van der Waals surface area contributed by atoms with Crippen molar-refractivity contribution in [2.45, 2.75) is 96.8 Å². The molecule has 31 heavy (non-hydrogen) atoms. The van der Waals surface area contributed by atoms with E-state index in [9.17, 15) is 8.78 Å². The van der Waals surface area contributed by atoms with Crippen molar-refractivity contribution >= 4 is 0 Å². The molecule has 1 fully saturated rings. The van der Waals surface area contributed by atoms with Gasteiger partial charge in [0.15, 0.2) is 0 Å². The van der Waals surface area contributed by atoms with Crippen LogP contribution in [0.3, 0.4) is 0 Å². The number of rotatable bonds is 11. The van der Waals surface area contributed by atoms with Gasteiger partial charge in [0.05, 0.1) is 0 Å². The minimum atomic E-state index is -0.465. The van der Waals surface area contributed by atoms with E-state index in [1.54, 1.807) is 0 Å². The lowest BCUT2D eigenvalue weighted by molar-refractivity contribution is 0.310. The molecule has 0 unspecified atom stereocenters. The van der Waals surface area contributed by atoms with E-state index in [-0.39, 0.29) is 0 Å². The van der Waals surface area contributed by atoms with Crippen molar-refractivity contribution in [2.24, 2.45) is 11.8 Å². The first-order chi connectivity index (χ1) is 15.0. The zero-order chi connectivity index (χ0) is 22.1. The van der Waals surface area contributed by atoms with E-state index in [1.165, 1.54) is 87.5 Å². The third-order valence-corrected chi connectivity index (χ3v) is 7.20. The lowest BCUT2D eigenvalue weighted by Crippen LogP contribution is -2.14. The summed E-state index contributed by atoms with van der Waals surface area (Å²) in [5.74, 6) is 1.18. The van der Waals surface area contributed by atoms with Crippen molar-refractivity contribution in [3.63, 3.8) is 0 Å². The van der Waals surface area contributed by atoms with Crippen molar-refractivity contribution in [1.82, 2.24) is 0 Å². The highest BCUT2D eigenvalue weighted by Gasteiger charge is 2.22. The molecule has 2 heteroatoms. The second-order valence-corrected chi connectivity index (χ2v) is 9.93. The second kappa shape index (κ2) is 12.4. The highest BCUT2D eigenvalue weighted by molar-refractivity contribution is 5.26. The Labute approximate surface area is 188 Å². The van der Waals surface area contributed by atoms with E-state index in [0.29, 0.717) is 11.8 Å². The molecule has 170 valence electrons. The zero-order valence-electron chi connectivity index (χ0n) is 19.5. The maximum absolute atomic E-state index is 13.4. The Hall–Kier alpha value is -1.70. The van der Waals surface area contributed by atoms with Gasteiger partial charge in [-0.3, -0.25) is 0 Å². The first-order valence-electron chi connectivity index (χ1n) is 12.6. The minimum Gasteiger partial charge on any atom is -0.207 e. The summed E-state index contributed by atoms with van der Waals surface area (Å²) in [7, 11) is 0. The Morgan fingerprint density at radius 2 is 1.52 bits per heavy atom. The van der Waals surface area contributed by atoms with Crippen molar-refractivity contribution in [2.75, 3.05) is 0 Å². The van der Waals surface area contributed by atoms with Gasteiger partial charge in [0.1, 0.15) is 11.6 Å². The van der Waals surface area contributed by atoms with E-state index < -0.39 is 11.6 Å². The summed E-state index contributed by atoms with van der Waals surface area (Å²) in [5.41, 5.74) is 3.75. The average molecular weight is 427 g/mol. The highest BCUT2D eigenvalue weighted by atomic mass is 19.1. The Kier molecular flexibility index (Phi) is 9.55. The molecule has 3 rings (SSSR count). The van der Waals surface area contributed by atoms with E-state index in [0.717, 1.165) is 30.4 Å². The van der Waals surface area contributed by atoms with Crippen LogP contribution in [0.4, 0.5) is 8.78 Å². The Balaban J connectivity index is 1.40. The van der Waals surface area contributed by atoms with Gasteiger partial charge < -0.3 is 0 Å². The van der Waals surface area contributed by atoms with Crippen LogP contribution in [0.5, 0.6) is 0 Å². The predicted molar refractivity (Wildman–Crippen MR) is 127 cm³/mol. The summed E-state index contributed by atoms with van der Waals surface area (Å²) in [5, 5.41) is 0. The van der Waals surface area contributed by atoms with Crippen LogP contribution < -0.4 is 0 Å². The van der Waals surface area contributed by atoms with Gasteiger partial charge in [-0.05, 0) is 91.5 Å². The van der Waals surface area contributed by atoms with Crippen molar-refractivity contribution in [3.8, 4) is 0 Å². The van der Waals surface area contributed by atoms with E-state index in [2.05, 4.69) is 38.1 Å². The molecule has 0 spiro atoms. The van der Waals surface area contributed by atoms with Crippen LogP contribution in [-0.4, -0.2) is 0 Å². The number of unbranched alkanes of at least 4 members (excludes halogenated alkanes) is 3. The molecule has 0 radical (unpaired) electrons. The third kappa shape index (κ3) is 8.05. The SMILES string of the molecule is CCCCCC[C@H](C)Cc1ccc(C2CCC(CCc3cc(F)cc(F)c3)CC2)cc1. The number of hydrogen-bond donors (Lipinski definition) is 0. The predicted octanol–water partition coefficient (Wildman–Crippen LogP) is 9.02. The van der Waals surface area contributed by atoms with Crippen LogP contribution in [0, 0.1) is 23.5 Å². The van der Waals surface area contributed by atoms with E-state index in [4.69, 9.17) is 0 Å². The fourth-order valence-corrected chi connectivity index (χ4v) is 5.26. The molecule has 0 heterocycles. The molecule has 1 aliphatic rings. The third-order valence-electron chi connectivity index (χ3n) is 7.20. The molecule has 0 amide bonds. The fraction of sp³-hybridized carbons (Fsp3) is 0.586. The standard InChI is InChI=1S/C29H40F2/c1-3-4-5-6-7-22(2)18-24-12-16-27(17-13-24)26-14-10-23(11-15-26)8-9-25-19-28(30)21-29(31)20-25/h12-13,16-17,19-23,26H,3-11,14-15,18H2,1-2H3/t22-,23?,26?/m0/s1. The molecular weight excluding hydrogens is 386 g/mol. The maximum Gasteiger partial charge on any atom is 0.126 e. The molecular formula is C29H40F2. The van der Waals surface area contributed by atoms with Crippen LogP contribution in [0.25, 0.3) is 0 Å². The number of halogens is 2. The van der Waals surface area contributed by atoms with Crippen molar-refractivity contribution in [3.05, 3.63) is 70.8 Å². The summed E-state index contributed by atoms with van der Waals surface area (Å²) >= 11 is 0. The van der Waals surface area contributed by atoms with Crippen molar-refractivity contribution in [1.29, 1.82) is 0 Å². The molecule has 0 aliphatic heterocycles. The summed E-state index contributed by atoms with van der Waals surface area (Å²) in [6.45, 7) is 4.66. The monoisotopic (exact) mass is 426 g/mol. The first kappa shape index (κ1) is 24.0. The van der Waals surface area contributed by atoms with E-state index in [1.807, 2.05) is 0 Å². The van der Waals surface area contributed by atoms with Crippen LogP contribution in [0.1, 0.15) is 101 Å². The molecule has 1 aliphatic carbocycles. The average Bonchev–Trinajstić information content (AvgIpc) is 2.76. The molecule has 0 nitrogen and oxygen atoms in total. The fourth-order valence-electron chi connectivity index (χ4n) is 5.26. The lowest BCUT2D eigenvalue weighted by atomic mass is 9.76. The van der Waals surface area contributed by atoms with E-state index >= 15 is 0 Å². The van der Waals surface area contributed by atoms with Gasteiger partial charge in [0.25, 0.3) is 0 Å². The first-order valence-corrected chi connectivity index (χ1v) is 12.6. The Bertz CT molecular complexity index is 752. The van der Waals surface area contributed by atoms with Gasteiger partial charge in [-0.15, -0.1) is 0 Å². The van der Waals surface area contributed by atoms with Gasteiger partial charge in [-0.1, -0.05) is 70.2 Å². The number of hydrogen-bond acceptors (Lipinski definition) is 0. The summed E-state index contributed by atoms with van der Waals surface area (Å²) in [6.07, 6.45) is 14.7. The molecule has 1 saturated carbocycles. The molecule has 0 N–H and O–H groups in total.